The monoisotopic (exact) mass is 315 g/mol. The molecule has 0 aliphatic carbocycles. The lowest BCUT2D eigenvalue weighted by molar-refractivity contribution is -0.138. The number of nitrogens with zero attached hydrogens (tertiary/aromatic N) is 2. The van der Waals surface area contributed by atoms with Gasteiger partial charge in [-0.2, -0.15) is 0 Å². The maximum Gasteiger partial charge on any atom is 0.320 e. The van der Waals surface area contributed by atoms with E-state index in [1.165, 1.54) is 0 Å². The van der Waals surface area contributed by atoms with Gasteiger partial charge in [0.25, 0.3) is 0 Å². The van der Waals surface area contributed by atoms with Crippen LogP contribution in [0.5, 0.6) is 0 Å². The van der Waals surface area contributed by atoms with E-state index >= 15 is 0 Å². The number of benzene rings is 1. The number of aliphatic carboxylic acids is 1. The van der Waals surface area contributed by atoms with Gasteiger partial charge < -0.3 is 20.5 Å². The first-order valence-corrected chi connectivity index (χ1v) is 7.76. The van der Waals surface area contributed by atoms with Crippen LogP contribution in [-0.4, -0.2) is 48.4 Å². The molecule has 3 rings (SSSR count). The number of hydrogen-bond acceptors (Lipinski definition) is 5. The number of anilines is 1. The minimum absolute atomic E-state index is 0.263. The SMILES string of the molecule is Cc1ccc2nc(N3CCOCC3)c(CC(N)C(=O)O)cc2c1. The van der Waals surface area contributed by atoms with Gasteiger partial charge in [-0.05, 0) is 30.7 Å². The van der Waals surface area contributed by atoms with Gasteiger partial charge in [0.1, 0.15) is 11.9 Å². The van der Waals surface area contributed by atoms with E-state index in [1.54, 1.807) is 0 Å². The van der Waals surface area contributed by atoms with Crippen LogP contribution in [0, 0.1) is 6.92 Å². The van der Waals surface area contributed by atoms with E-state index in [4.69, 9.17) is 20.6 Å². The molecule has 2 heterocycles. The molecule has 0 amide bonds. The average Bonchev–Trinajstić information content (AvgIpc) is 2.54. The van der Waals surface area contributed by atoms with Crippen molar-refractivity contribution in [2.24, 2.45) is 5.73 Å². The fraction of sp³-hybridized carbons (Fsp3) is 0.412. The zero-order valence-electron chi connectivity index (χ0n) is 13.2. The number of carbonyl (C=O) groups is 1. The number of rotatable bonds is 4. The lowest BCUT2D eigenvalue weighted by Crippen LogP contribution is -2.38. The Balaban J connectivity index is 2.05. The third-order valence-electron chi connectivity index (χ3n) is 4.09. The molecular weight excluding hydrogens is 294 g/mol. The van der Waals surface area contributed by atoms with Crippen molar-refractivity contribution in [2.45, 2.75) is 19.4 Å². The molecule has 1 fully saturated rings. The Labute approximate surface area is 134 Å². The van der Waals surface area contributed by atoms with Gasteiger partial charge in [-0.1, -0.05) is 11.6 Å². The van der Waals surface area contributed by atoms with Gasteiger partial charge >= 0.3 is 5.97 Å². The maximum atomic E-state index is 11.1. The second-order valence-electron chi connectivity index (χ2n) is 5.92. The summed E-state index contributed by atoms with van der Waals surface area (Å²) in [4.78, 5) is 18.0. The summed E-state index contributed by atoms with van der Waals surface area (Å²) in [7, 11) is 0. The summed E-state index contributed by atoms with van der Waals surface area (Å²) < 4.78 is 5.40. The fourth-order valence-corrected chi connectivity index (χ4v) is 2.85. The highest BCUT2D eigenvalue weighted by molar-refractivity contribution is 5.83. The average molecular weight is 315 g/mol. The van der Waals surface area contributed by atoms with Gasteiger partial charge in [0.2, 0.25) is 0 Å². The van der Waals surface area contributed by atoms with Gasteiger partial charge in [-0.3, -0.25) is 4.79 Å². The molecule has 122 valence electrons. The number of aryl methyl sites for hydroxylation is 1. The number of pyridine rings is 1. The summed E-state index contributed by atoms with van der Waals surface area (Å²) in [6, 6.07) is 7.17. The Hall–Kier alpha value is -2.18. The number of aromatic nitrogens is 1. The molecule has 0 radical (unpaired) electrons. The largest absolute Gasteiger partial charge is 0.480 e. The summed E-state index contributed by atoms with van der Waals surface area (Å²) in [6.07, 6.45) is 0.263. The highest BCUT2D eigenvalue weighted by Gasteiger charge is 2.21. The normalized spacial score (nSPS) is 16.5. The highest BCUT2D eigenvalue weighted by Crippen LogP contribution is 2.26. The molecule has 0 bridgehead atoms. The number of ether oxygens (including phenoxy) is 1. The molecule has 0 saturated carbocycles. The van der Waals surface area contributed by atoms with Crippen molar-refractivity contribution < 1.29 is 14.6 Å². The van der Waals surface area contributed by atoms with Crippen molar-refractivity contribution in [3.63, 3.8) is 0 Å². The Morgan fingerprint density at radius 3 is 2.83 bits per heavy atom. The van der Waals surface area contributed by atoms with Crippen LogP contribution in [0.3, 0.4) is 0 Å². The molecule has 1 aliphatic rings. The predicted octanol–water partition coefficient (Wildman–Crippen LogP) is 1.33. The predicted molar refractivity (Wildman–Crippen MR) is 88.8 cm³/mol. The van der Waals surface area contributed by atoms with Crippen molar-refractivity contribution in [3.8, 4) is 0 Å². The molecule has 1 unspecified atom stereocenters. The first-order valence-electron chi connectivity index (χ1n) is 7.76. The number of fused-ring (bicyclic) bond motifs is 1. The molecule has 1 saturated heterocycles. The van der Waals surface area contributed by atoms with Gasteiger partial charge in [0, 0.05) is 24.9 Å². The Kier molecular flexibility index (Phi) is 4.45. The number of carboxylic acid groups (broad SMARTS) is 1. The molecule has 1 atom stereocenters. The Morgan fingerprint density at radius 1 is 1.39 bits per heavy atom. The van der Waals surface area contributed by atoms with Crippen molar-refractivity contribution in [1.29, 1.82) is 0 Å². The smallest absolute Gasteiger partial charge is 0.320 e. The number of carboxylic acids is 1. The summed E-state index contributed by atoms with van der Waals surface area (Å²) in [5.41, 5.74) is 8.68. The van der Waals surface area contributed by atoms with E-state index in [1.807, 2.05) is 25.1 Å². The molecule has 2 aromatic rings. The van der Waals surface area contributed by atoms with Crippen molar-refractivity contribution in [1.82, 2.24) is 4.98 Å². The van der Waals surface area contributed by atoms with Gasteiger partial charge in [0.15, 0.2) is 0 Å². The molecule has 23 heavy (non-hydrogen) atoms. The van der Waals surface area contributed by atoms with E-state index in [2.05, 4.69) is 11.0 Å². The maximum absolute atomic E-state index is 11.1. The fourth-order valence-electron chi connectivity index (χ4n) is 2.85. The molecule has 3 N–H and O–H groups in total. The molecule has 1 aromatic heterocycles. The lowest BCUT2D eigenvalue weighted by Gasteiger charge is -2.30. The van der Waals surface area contributed by atoms with Gasteiger partial charge in [0.05, 0.1) is 18.7 Å². The standard InChI is InChI=1S/C17H21N3O3/c1-11-2-3-15-12(8-11)9-13(10-14(18)17(21)22)16(19-15)20-4-6-23-7-5-20/h2-3,8-9,14H,4-7,10,18H2,1H3,(H,21,22). The molecule has 6 heteroatoms. The Morgan fingerprint density at radius 2 is 2.13 bits per heavy atom. The van der Waals surface area contributed by atoms with Crippen LogP contribution < -0.4 is 10.6 Å². The molecule has 1 aromatic carbocycles. The third kappa shape index (κ3) is 3.43. The highest BCUT2D eigenvalue weighted by atomic mass is 16.5. The van der Waals surface area contributed by atoms with E-state index in [0.717, 1.165) is 40.9 Å². The van der Waals surface area contributed by atoms with Crippen LogP contribution in [0.1, 0.15) is 11.1 Å². The van der Waals surface area contributed by atoms with Crippen molar-refractivity contribution in [3.05, 3.63) is 35.4 Å². The van der Waals surface area contributed by atoms with Crippen LogP contribution in [0.2, 0.25) is 0 Å². The zero-order valence-corrected chi connectivity index (χ0v) is 13.2. The number of morpholine rings is 1. The van der Waals surface area contributed by atoms with Crippen molar-refractivity contribution >= 4 is 22.7 Å². The van der Waals surface area contributed by atoms with Crippen LogP contribution in [-0.2, 0) is 16.0 Å². The summed E-state index contributed by atoms with van der Waals surface area (Å²) in [6.45, 7) is 4.83. The van der Waals surface area contributed by atoms with E-state index in [9.17, 15) is 4.79 Å². The minimum Gasteiger partial charge on any atom is -0.480 e. The van der Waals surface area contributed by atoms with Crippen LogP contribution in [0.15, 0.2) is 24.3 Å². The molecule has 0 spiro atoms. The van der Waals surface area contributed by atoms with Crippen LogP contribution in [0.25, 0.3) is 10.9 Å². The Bertz CT molecular complexity index is 726. The molecule has 1 aliphatic heterocycles. The second-order valence-corrected chi connectivity index (χ2v) is 5.92. The first-order chi connectivity index (χ1) is 11.0. The van der Waals surface area contributed by atoms with E-state index < -0.39 is 12.0 Å². The quantitative estimate of drug-likeness (QED) is 0.885. The minimum atomic E-state index is -0.998. The summed E-state index contributed by atoms with van der Waals surface area (Å²) in [5.74, 6) is -0.177. The summed E-state index contributed by atoms with van der Waals surface area (Å²) >= 11 is 0. The zero-order chi connectivity index (χ0) is 16.4. The number of hydrogen-bond donors (Lipinski definition) is 2. The lowest BCUT2D eigenvalue weighted by atomic mass is 10.0. The van der Waals surface area contributed by atoms with Crippen molar-refractivity contribution in [2.75, 3.05) is 31.2 Å². The van der Waals surface area contributed by atoms with Gasteiger partial charge in [-0.15, -0.1) is 0 Å². The van der Waals surface area contributed by atoms with E-state index in [0.29, 0.717) is 13.2 Å². The number of nitrogens with two attached hydrogens (primary N) is 1. The third-order valence-corrected chi connectivity index (χ3v) is 4.09. The summed E-state index contributed by atoms with van der Waals surface area (Å²) in [5, 5.41) is 10.1. The first kappa shape index (κ1) is 15.7. The molecule has 6 nitrogen and oxygen atoms in total. The van der Waals surface area contributed by atoms with Gasteiger partial charge in [-0.25, -0.2) is 4.98 Å². The second kappa shape index (κ2) is 6.52. The van der Waals surface area contributed by atoms with E-state index in [-0.39, 0.29) is 6.42 Å². The topological polar surface area (TPSA) is 88.7 Å². The van der Waals surface area contributed by atoms with Crippen LogP contribution >= 0.6 is 0 Å². The molecular formula is C17H21N3O3. The van der Waals surface area contributed by atoms with Crippen LogP contribution in [0.4, 0.5) is 5.82 Å².